The Morgan fingerprint density at radius 3 is 2.19 bits per heavy atom. The molecule has 0 fully saturated rings. The molecule has 1 aliphatic rings. The number of halogens is 1. The topological polar surface area (TPSA) is 78.3 Å². The minimum absolute atomic E-state index is 0. The van der Waals surface area contributed by atoms with E-state index in [4.69, 9.17) is 20.3 Å². The number of furan rings is 2. The van der Waals surface area contributed by atoms with Gasteiger partial charge in [-0.05, 0) is 37.1 Å². The molecule has 2 unspecified atom stereocenters. The van der Waals surface area contributed by atoms with Crippen LogP contribution in [0, 0.1) is 0 Å². The van der Waals surface area contributed by atoms with Gasteiger partial charge in [-0.3, -0.25) is 0 Å². The van der Waals surface area contributed by atoms with Gasteiger partial charge in [-0.1, -0.05) is 12.2 Å². The van der Waals surface area contributed by atoms with Crippen LogP contribution in [-0.4, -0.2) is 11.1 Å². The summed E-state index contributed by atoms with van der Waals surface area (Å²) in [5, 5.41) is 0. The van der Waals surface area contributed by atoms with E-state index in [0.717, 1.165) is 17.9 Å². The van der Waals surface area contributed by atoms with Gasteiger partial charge in [0.1, 0.15) is 11.5 Å². The van der Waals surface area contributed by atoms with Crippen LogP contribution in [0.5, 0.6) is 0 Å². The SMILES string of the molecule is Cl.NC1(Cc2ccco2)C=CCC(N)(Cc2ccco2)C1. The van der Waals surface area contributed by atoms with Crippen molar-refractivity contribution in [3.8, 4) is 0 Å². The molecule has 1 aliphatic carbocycles. The molecule has 4 N–H and O–H groups in total. The first-order valence-corrected chi connectivity index (χ1v) is 6.87. The lowest BCUT2D eigenvalue weighted by molar-refractivity contribution is 0.272. The number of hydrogen-bond donors (Lipinski definition) is 2. The van der Waals surface area contributed by atoms with Gasteiger partial charge >= 0.3 is 0 Å². The molecule has 5 heteroatoms. The van der Waals surface area contributed by atoms with Crippen molar-refractivity contribution in [2.24, 2.45) is 11.5 Å². The van der Waals surface area contributed by atoms with Crippen molar-refractivity contribution in [3.05, 3.63) is 60.5 Å². The van der Waals surface area contributed by atoms with Gasteiger partial charge in [0, 0.05) is 23.9 Å². The Morgan fingerprint density at radius 2 is 1.62 bits per heavy atom. The lowest BCUT2D eigenvalue weighted by Crippen LogP contribution is -2.55. The van der Waals surface area contributed by atoms with E-state index in [2.05, 4.69) is 12.2 Å². The zero-order valence-corrected chi connectivity index (χ0v) is 12.6. The molecule has 114 valence electrons. The normalized spacial score (nSPS) is 28.3. The van der Waals surface area contributed by atoms with Crippen LogP contribution in [0.15, 0.2) is 57.8 Å². The predicted molar refractivity (Wildman–Crippen MR) is 84.3 cm³/mol. The highest BCUT2D eigenvalue weighted by atomic mass is 35.5. The number of rotatable bonds is 4. The zero-order valence-electron chi connectivity index (χ0n) is 11.8. The summed E-state index contributed by atoms with van der Waals surface area (Å²) in [4.78, 5) is 0. The smallest absolute Gasteiger partial charge is 0.105 e. The molecule has 0 amide bonds. The maximum Gasteiger partial charge on any atom is 0.105 e. The molecule has 0 spiro atoms. The van der Waals surface area contributed by atoms with Gasteiger partial charge in [0.05, 0.1) is 12.5 Å². The van der Waals surface area contributed by atoms with E-state index >= 15 is 0 Å². The van der Waals surface area contributed by atoms with Crippen molar-refractivity contribution in [1.82, 2.24) is 0 Å². The van der Waals surface area contributed by atoms with Crippen LogP contribution in [0.4, 0.5) is 0 Å². The Bertz CT molecular complexity index is 579. The van der Waals surface area contributed by atoms with Gasteiger partial charge in [0.25, 0.3) is 0 Å². The summed E-state index contributed by atoms with van der Waals surface area (Å²) in [6, 6.07) is 7.67. The molecule has 0 saturated carbocycles. The Hall–Kier alpha value is -1.49. The van der Waals surface area contributed by atoms with Crippen LogP contribution in [0.25, 0.3) is 0 Å². The highest BCUT2D eigenvalue weighted by Gasteiger charge is 2.38. The average molecular weight is 309 g/mol. The molecular weight excluding hydrogens is 288 g/mol. The number of nitrogens with two attached hydrogens (primary N) is 2. The second-order valence-corrected chi connectivity index (χ2v) is 5.89. The van der Waals surface area contributed by atoms with E-state index in [1.165, 1.54) is 0 Å². The Labute approximate surface area is 130 Å². The second kappa shape index (κ2) is 6.10. The maximum atomic E-state index is 6.53. The fourth-order valence-corrected chi connectivity index (χ4v) is 3.07. The molecule has 2 aromatic rings. The molecule has 21 heavy (non-hydrogen) atoms. The Morgan fingerprint density at radius 1 is 1.00 bits per heavy atom. The molecule has 2 atom stereocenters. The fourth-order valence-electron chi connectivity index (χ4n) is 3.07. The third-order valence-electron chi connectivity index (χ3n) is 3.85. The standard InChI is InChI=1S/C16H20N2O2.ClH/c17-15(10-13-4-1-8-19-13)6-3-7-16(18,12-15)11-14-5-2-9-20-14;/h1-6,8-9H,7,10-12,17-18H2;1H. The van der Waals surface area contributed by atoms with E-state index in [1.807, 2.05) is 24.3 Å². The highest BCUT2D eigenvalue weighted by molar-refractivity contribution is 5.85. The molecule has 4 nitrogen and oxygen atoms in total. The van der Waals surface area contributed by atoms with Gasteiger partial charge in [-0.2, -0.15) is 0 Å². The van der Waals surface area contributed by atoms with Crippen molar-refractivity contribution >= 4 is 12.4 Å². The quantitative estimate of drug-likeness (QED) is 0.851. The largest absolute Gasteiger partial charge is 0.469 e. The second-order valence-electron chi connectivity index (χ2n) is 5.89. The first kappa shape index (κ1) is 15.9. The third kappa shape index (κ3) is 3.79. The van der Waals surface area contributed by atoms with Crippen LogP contribution < -0.4 is 11.5 Å². The van der Waals surface area contributed by atoms with Gasteiger partial charge in [-0.15, -0.1) is 12.4 Å². The van der Waals surface area contributed by atoms with Gasteiger partial charge in [0.15, 0.2) is 0 Å². The first-order chi connectivity index (χ1) is 9.57. The van der Waals surface area contributed by atoms with Crippen molar-refractivity contribution < 1.29 is 8.83 Å². The van der Waals surface area contributed by atoms with Crippen molar-refractivity contribution in [2.75, 3.05) is 0 Å². The fraction of sp³-hybridized carbons (Fsp3) is 0.375. The molecule has 0 saturated heterocycles. The van der Waals surface area contributed by atoms with Crippen molar-refractivity contribution in [1.29, 1.82) is 0 Å². The van der Waals surface area contributed by atoms with E-state index in [1.54, 1.807) is 12.5 Å². The lowest BCUT2D eigenvalue weighted by atomic mass is 9.72. The van der Waals surface area contributed by atoms with E-state index in [-0.39, 0.29) is 17.9 Å². The summed E-state index contributed by atoms with van der Waals surface area (Å²) in [5.74, 6) is 1.79. The van der Waals surface area contributed by atoms with Gasteiger partial charge in [0.2, 0.25) is 0 Å². The average Bonchev–Trinajstić information content (AvgIpc) is 3.01. The number of hydrogen-bond acceptors (Lipinski definition) is 4. The monoisotopic (exact) mass is 308 g/mol. The Kier molecular flexibility index (Phi) is 4.61. The maximum absolute atomic E-state index is 6.53. The zero-order chi connectivity index (χ0) is 14.1. The summed E-state index contributed by atoms with van der Waals surface area (Å²) >= 11 is 0. The molecule has 2 aromatic heterocycles. The van der Waals surface area contributed by atoms with Crippen LogP contribution in [0.3, 0.4) is 0 Å². The molecule has 0 bridgehead atoms. The van der Waals surface area contributed by atoms with E-state index in [9.17, 15) is 0 Å². The molecule has 0 aliphatic heterocycles. The van der Waals surface area contributed by atoms with Crippen LogP contribution >= 0.6 is 12.4 Å². The Balaban J connectivity index is 0.00000161. The highest BCUT2D eigenvalue weighted by Crippen LogP contribution is 2.32. The molecule has 0 radical (unpaired) electrons. The summed E-state index contributed by atoms with van der Waals surface area (Å²) in [7, 11) is 0. The summed E-state index contributed by atoms with van der Waals surface area (Å²) in [6.45, 7) is 0. The predicted octanol–water partition coefficient (Wildman–Crippen LogP) is 2.82. The molecule has 0 aromatic carbocycles. The first-order valence-electron chi connectivity index (χ1n) is 6.87. The third-order valence-corrected chi connectivity index (χ3v) is 3.85. The molecular formula is C16H21ClN2O2. The van der Waals surface area contributed by atoms with E-state index < -0.39 is 5.54 Å². The van der Waals surface area contributed by atoms with E-state index in [0.29, 0.717) is 19.3 Å². The summed E-state index contributed by atoms with van der Waals surface area (Å²) < 4.78 is 10.8. The van der Waals surface area contributed by atoms with Gasteiger partial charge in [-0.25, -0.2) is 0 Å². The summed E-state index contributed by atoms with van der Waals surface area (Å²) in [6.07, 6.45) is 10.4. The minimum Gasteiger partial charge on any atom is -0.469 e. The van der Waals surface area contributed by atoms with Crippen LogP contribution in [0.1, 0.15) is 24.4 Å². The molecule has 3 rings (SSSR count). The van der Waals surface area contributed by atoms with Gasteiger partial charge < -0.3 is 20.3 Å². The van der Waals surface area contributed by atoms with Crippen LogP contribution in [-0.2, 0) is 12.8 Å². The molecule has 2 heterocycles. The minimum atomic E-state index is -0.461. The summed E-state index contributed by atoms with van der Waals surface area (Å²) in [5.41, 5.74) is 12.2. The van der Waals surface area contributed by atoms with Crippen molar-refractivity contribution in [2.45, 2.75) is 36.8 Å². The lowest BCUT2D eigenvalue weighted by Gasteiger charge is -2.40. The van der Waals surface area contributed by atoms with Crippen LogP contribution in [0.2, 0.25) is 0 Å². The van der Waals surface area contributed by atoms with Crippen molar-refractivity contribution in [3.63, 3.8) is 0 Å².